The highest BCUT2D eigenvalue weighted by Gasteiger charge is 2.16. The minimum Gasteiger partial charge on any atom is -0.311 e. The Labute approximate surface area is 112 Å². The number of nitrogens with zero attached hydrogens (tertiary/aromatic N) is 1. The van der Waals surface area contributed by atoms with Gasteiger partial charge < -0.3 is 4.90 Å². The second kappa shape index (κ2) is 5.23. The van der Waals surface area contributed by atoms with Crippen LogP contribution in [0.4, 0.5) is 5.69 Å². The van der Waals surface area contributed by atoms with Crippen LogP contribution in [-0.4, -0.2) is 13.0 Å². The van der Waals surface area contributed by atoms with E-state index >= 15 is 0 Å². The van der Waals surface area contributed by atoms with Crippen LogP contribution >= 0.6 is 11.6 Å². The maximum absolute atomic E-state index is 12.4. The molecule has 0 N–H and O–H groups in total. The third-order valence-corrected chi connectivity index (χ3v) is 3.36. The zero-order valence-corrected chi connectivity index (χ0v) is 11.1. The molecule has 2 aromatic rings. The predicted octanol–water partition coefficient (Wildman–Crippen LogP) is 3.93. The van der Waals surface area contributed by atoms with Crippen LogP contribution in [0.2, 0.25) is 5.02 Å². The fourth-order valence-corrected chi connectivity index (χ4v) is 1.96. The lowest BCUT2D eigenvalue weighted by Gasteiger charge is -2.18. The molecule has 0 saturated carbocycles. The highest BCUT2D eigenvalue weighted by molar-refractivity contribution is 6.32. The average molecular weight is 260 g/mol. The van der Waals surface area contributed by atoms with Gasteiger partial charge in [-0.3, -0.25) is 4.79 Å². The van der Waals surface area contributed by atoms with Crippen molar-refractivity contribution in [3.05, 3.63) is 64.7 Å². The van der Waals surface area contributed by atoms with E-state index in [-0.39, 0.29) is 5.91 Å². The van der Waals surface area contributed by atoms with Gasteiger partial charge >= 0.3 is 0 Å². The summed E-state index contributed by atoms with van der Waals surface area (Å²) in [5.74, 6) is -0.0544. The Kier molecular flexibility index (Phi) is 3.68. The molecule has 0 spiro atoms. The van der Waals surface area contributed by atoms with Gasteiger partial charge in [0, 0.05) is 23.3 Å². The SMILES string of the molecule is Cc1c(Cl)cccc1C(=O)N(C)c1ccccc1. The molecule has 0 saturated heterocycles. The molecular formula is C15H14ClNO. The third kappa shape index (κ3) is 2.39. The highest BCUT2D eigenvalue weighted by Crippen LogP contribution is 2.22. The van der Waals surface area contributed by atoms with Crippen LogP contribution in [0.15, 0.2) is 48.5 Å². The molecule has 0 aliphatic rings. The molecule has 2 nitrogen and oxygen atoms in total. The Balaban J connectivity index is 2.35. The van der Waals surface area contributed by atoms with Crippen LogP contribution in [0.3, 0.4) is 0 Å². The zero-order chi connectivity index (χ0) is 13.1. The first-order valence-corrected chi connectivity index (χ1v) is 6.07. The van der Waals surface area contributed by atoms with Crippen molar-refractivity contribution in [3.63, 3.8) is 0 Å². The predicted molar refractivity (Wildman–Crippen MR) is 75.4 cm³/mol. The Morgan fingerprint density at radius 2 is 1.72 bits per heavy atom. The molecular weight excluding hydrogens is 246 g/mol. The van der Waals surface area contributed by atoms with E-state index in [2.05, 4.69) is 0 Å². The Bertz CT molecular complexity index is 566. The van der Waals surface area contributed by atoms with Crippen LogP contribution in [0.25, 0.3) is 0 Å². The molecule has 0 bridgehead atoms. The summed E-state index contributed by atoms with van der Waals surface area (Å²) in [6.07, 6.45) is 0. The summed E-state index contributed by atoms with van der Waals surface area (Å²) in [6, 6.07) is 14.9. The third-order valence-electron chi connectivity index (χ3n) is 2.95. The second-order valence-corrected chi connectivity index (χ2v) is 4.52. The number of hydrogen-bond donors (Lipinski definition) is 0. The monoisotopic (exact) mass is 259 g/mol. The standard InChI is InChI=1S/C15H14ClNO/c1-11-13(9-6-10-14(11)16)15(18)17(2)12-7-4-3-5-8-12/h3-10H,1-2H3. The maximum Gasteiger partial charge on any atom is 0.258 e. The van der Waals surface area contributed by atoms with Gasteiger partial charge in [0.25, 0.3) is 5.91 Å². The van der Waals surface area contributed by atoms with Crippen molar-refractivity contribution < 1.29 is 4.79 Å². The van der Waals surface area contributed by atoms with Crippen molar-refractivity contribution in [3.8, 4) is 0 Å². The smallest absolute Gasteiger partial charge is 0.258 e. The van der Waals surface area contributed by atoms with E-state index in [1.54, 1.807) is 30.1 Å². The van der Waals surface area contributed by atoms with Crippen LogP contribution in [0, 0.1) is 6.92 Å². The molecule has 3 heteroatoms. The summed E-state index contributed by atoms with van der Waals surface area (Å²) >= 11 is 6.04. The van der Waals surface area contributed by atoms with Crippen LogP contribution in [0.1, 0.15) is 15.9 Å². The van der Waals surface area contributed by atoms with E-state index in [1.807, 2.05) is 37.3 Å². The minimum atomic E-state index is -0.0544. The number of halogens is 1. The number of para-hydroxylation sites is 1. The molecule has 2 rings (SSSR count). The van der Waals surface area contributed by atoms with Crippen molar-refractivity contribution in [2.45, 2.75) is 6.92 Å². The van der Waals surface area contributed by atoms with Crippen molar-refractivity contribution in [2.24, 2.45) is 0 Å². The fraction of sp³-hybridized carbons (Fsp3) is 0.133. The lowest BCUT2D eigenvalue weighted by atomic mass is 10.1. The lowest BCUT2D eigenvalue weighted by molar-refractivity contribution is 0.0992. The number of carbonyl (C=O) groups is 1. The maximum atomic E-state index is 12.4. The van der Waals surface area contributed by atoms with E-state index in [9.17, 15) is 4.79 Å². The van der Waals surface area contributed by atoms with Crippen LogP contribution in [0.5, 0.6) is 0 Å². The summed E-state index contributed by atoms with van der Waals surface area (Å²) in [5, 5.41) is 0.613. The van der Waals surface area contributed by atoms with E-state index in [0.29, 0.717) is 10.6 Å². The van der Waals surface area contributed by atoms with Gasteiger partial charge in [-0.2, -0.15) is 0 Å². The molecule has 18 heavy (non-hydrogen) atoms. The first-order chi connectivity index (χ1) is 8.61. The fourth-order valence-electron chi connectivity index (χ4n) is 1.79. The Morgan fingerprint density at radius 1 is 1.06 bits per heavy atom. The molecule has 0 aromatic heterocycles. The van der Waals surface area contributed by atoms with Crippen LogP contribution in [-0.2, 0) is 0 Å². The lowest BCUT2D eigenvalue weighted by Crippen LogP contribution is -2.26. The molecule has 0 radical (unpaired) electrons. The summed E-state index contributed by atoms with van der Waals surface area (Å²) in [7, 11) is 1.76. The first-order valence-electron chi connectivity index (χ1n) is 5.69. The van der Waals surface area contributed by atoms with Crippen LogP contribution < -0.4 is 4.90 Å². The van der Waals surface area contributed by atoms with Crippen molar-refractivity contribution in [1.82, 2.24) is 0 Å². The molecule has 2 aromatic carbocycles. The number of carbonyl (C=O) groups excluding carboxylic acids is 1. The van der Waals surface area contributed by atoms with Gasteiger partial charge in [0.2, 0.25) is 0 Å². The number of hydrogen-bond acceptors (Lipinski definition) is 1. The largest absolute Gasteiger partial charge is 0.311 e. The summed E-state index contributed by atoms with van der Waals surface area (Å²) in [6.45, 7) is 1.86. The van der Waals surface area contributed by atoms with Gasteiger partial charge in [-0.15, -0.1) is 0 Å². The Morgan fingerprint density at radius 3 is 2.39 bits per heavy atom. The van der Waals surface area contributed by atoms with Gasteiger partial charge in [-0.05, 0) is 36.8 Å². The number of amides is 1. The van der Waals surface area contributed by atoms with E-state index in [4.69, 9.17) is 11.6 Å². The number of anilines is 1. The van der Waals surface area contributed by atoms with Crippen molar-refractivity contribution in [2.75, 3.05) is 11.9 Å². The van der Waals surface area contributed by atoms with Gasteiger partial charge in [0.1, 0.15) is 0 Å². The van der Waals surface area contributed by atoms with Gasteiger partial charge in [0.15, 0.2) is 0 Å². The Hall–Kier alpha value is -1.80. The minimum absolute atomic E-state index is 0.0544. The molecule has 0 aliphatic heterocycles. The highest BCUT2D eigenvalue weighted by atomic mass is 35.5. The summed E-state index contributed by atoms with van der Waals surface area (Å²) in [4.78, 5) is 14.0. The molecule has 0 heterocycles. The number of rotatable bonds is 2. The van der Waals surface area contributed by atoms with Crippen molar-refractivity contribution >= 4 is 23.2 Å². The molecule has 0 aliphatic carbocycles. The molecule has 0 unspecified atom stereocenters. The topological polar surface area (TPSA) is 20.3 Å². The molecule has 92 valence electrons. The molecule has 0 fully saturated rings. The number of benzene rings is 2. The summed E-state index contributed by atoms with van der Waals surface area (Å²) < 4.78 is 0. The van der Waals surface area contributed by atoms with Gasteiger partial charge in [0.05, 0.1) is 0 Å². The second-order valence-electron chi connectivity index (χ2n) is 4.11. The average Bonchev–Trinajstić information content (AvgIpc) is 2.41. The normalized spacial score (nSPS) is 10.2. The molecule has 1 amide bonds. The van der Waals surface area contributed by atoms with Crippen molar-refractivity contribution in [1.29, 1.82) is 0 Å². The van der Waals surface area contributed by atoms with E-state index in [1.165, 1.54) is 0 Å². The zero-order valence-electron chi connectivity index (χ0n) is 10.4. The summed E-state index contributed by atoms with van der Waals surface area (Å²) in [5.41, 5.74) is 2.31. The van der Waals surface area contributed by atoms with Gasteiger partial charge in [-0.1, -0.05) is 35.9 Å². The van der Waals surface area contributed by atoms with E-state index in [0.717, 1.165) is 11.3 Å². The first kappa shape index (κ1) is 12.7. The quantitative estimate of drug-likeness (QED) is 0.800. The van der Waals surface area contributed by atoms with Gasteiger partial charge in [-0.25, -0.2) is 0 Å². The van der Waals surface area contributed by atoms with E-state index < -0.39 is 0 Å². The molecule has 0 atom stereocenters.